The summed E-state index contributed by atoms with van der Waals surface area (Å²) in [7, 11) is 0. The van der Waals surface area contributed by atoms with Crippen LogP contribution in [-0.2, 0) is 0 Å². The van der Waals surface area contributed by atoms with E-state index in [1.165, 1.54) is 12.4 Å². The summed E-state index contributed by atoms with van der Waals surface area (Å²) in [6.45, 7) is 1.01. The van der Waals surface area contributed by atoms with Crippen LogP contribution < -0.4 is 10.6 Å². The summed E-state index contributed by atoms with van der Waals surface area (Å²) in [6, 6.07) is 0. The molecule has 1 aromatic heterocycles. The summed E-state index contributed by atoms with van der Waals surface area (Å²) in [5.74, 6) is 0.264. The lowest BCUT2D eigenvalue weighted by molar-refractivity contribution is -0.119. The van der Waals surface area contributed by atoms with Gasteiger partial charge in [-0.2, -0.15) is 13.2 Å². The van der Waals surface area contributed by atoms with Crippen molar-refractivity contribution in [3.63, 3.8) is 0 Å². The lowest BCUT2D eigenvalue weighted by Gasteiger charge is -2.24. The van der Waals surface area contributed by atoms with Crippen molar-refractivity contribution in [2.75, 3.05) is 23.7 Å². The number of halogens is 3. The van der Waals surface area contributed by atoms with Crippen molar-refractivity contribution in [1.82, 2.24) is 9.97 Å². The lowest BCUT2D eigenvalue weighted by Crippen LogP contribution is -2.35. The first-order chi connectivity index (χ1) is 7.42. The molecular formula is C9H13F3N4. The second kappa shape index (κ2) is 5.00. The minimum Gasteiger partial charge on any atom is -0.382 e. The molecule has 1 heterocycles. The third-order valence-corrected chi connectivity index (χ3v) is 1.83. The fourth-order valence-corrected chi connectivity index (χ4v) is 1.28. The van der Waals surface area contributed by atoms with E-state index in [-0.39, 0.29) is 18.2 Å². The number of aromatic nitrogens is 2. The number of hydrogen-bond donors (Lipinski definition) is 1. The number of rotatable bonds is 4. The van der Waals surface area contributed by atoms with E-state index in [0.29, 0.717) is 6.42 Å². The van der Waals surface area contributed by atoms with Gasteiger partial charge in [-0.15, -0.1) is 0 Å². The van der Waals surface area contributed by atoms with Crippen molar-refractivity contribution in [3.05, 3.63) is 12.4 Å². The molecule has 4 nitrogen and oxygen atoms in total. The van der Waals surface area contributed by atoms with Gasteiger partial charge in [0.15, 0.2) is 0 Å². The highest BCUT2D eigenvalue weighted by Gasteiger charge is 2.31. The van der Waals surface area contributed by atoms with Crippen molar-refractivity contribution < 1.29 is 13.2 Å². The highest BCUT2D eigenvalue weighted by molar-refractivity contribution is 5.41. The summed E-state index contributed by atoms with van der Waals surface area (Å²) < 4.78 is 36.9. The molecule has 0 fully saturated rings. The molecule has 2 N–H and O–H groups in total. The zero-order valence-electron chi connectivity index (χ0n) is 8.83. The summed E-state index contributed by atoms with van der Waals surface area (Å²) in [5.41, 5.74) is 5.37. The molecule has 1 rings (SSSR count). The Labute approximate surface area is 91.3 Å². The summed E-state index contributed by atoms with van der Waals surface area (Å²) >= 11 is 0. The third-order valence-electron chi connectivity index (χ3n) is 1.83. The predicted octanol–water partition coefficient (Wildman–Crippen LogP) is 1.84. The molecule has 0 unspecified atom stereocenters. The van der Waals surface area contributed by atoms with Crippen LogP contribution >= 0.6 is 0 Å². The van der Waals surface area contributed by atoms with Crippen LogP contribution in [0.2, 0.25) is 0 Å². The van der Waals surface area contributed by atoms with Crippen LogP contribution in [0.3, 0.4) is 0 Å². The van der Waals surface area contributed by atoms with Gasteiger partial charge < -0.3 is 10.6 Å². The van der Waals surface area contributed by atoms with Crippen LogP contribution in [0.4, 0.5) is 24.8 Å². The maximum Gasteiger partial charge on any atom is 0.405 e. The average molecular weight is 234 g/mol. The van der Waals surface area contributed by atoms with Crippen LogP contribution in [0.25, 0.3) is 0 Å². The Hall–Kier alpha value is -1.53. The molecule has 0 aromatic carbocycles. The Morgan fingerprint density at radius 2 is 2.06 bits per heavy atom. The molecule has 0 radical (unpaired) electrons. The molecule has 0 spiro atoms. The van der Waals surface area contributed by atoms with Gasteiger partial charge in [0.2, 0.25) is 0 Å². The maximum absolute atomic E-state index is 12.3. The molecule has 0 aliphatic carbocycles. The molecule has 0 saturated heterocycles. The van der Waals surface area contributed by atoms with Crippen LogP contribution in [0.1, 0.15) is 13.3 Å². The van der Waals surface area contributed by atoms with Gasteiger partial charge in [0.1, 0.15) is 18.2 Å². The zero-order chi connectivity index (χ0) is 12.2. The van der Waals surface area contributed by atoms with Crippen molar-refractivity contribution in [2.24, 2.45) is 0 Å². The molecule has 0 amide bonds. The fraction of sp³-hybridized carbons (Fsp3) is 0.556. The van der Waals surface area contributed by atoms with Gasteiger partial charge in [0.25, 0.3) is 0 Å². The molecular weight excluding hydrogens is 221 g/mol. The molecule has 7 heteroatoms. The van der Waals surface area contributed by atoms with Gasteiger partial charge in [-0.1, -0.05) is 6.92 Å². The van der Waals surface area contributed by atoms with Crippen molar-refractivity contribution in [2.45, 2.75) is 19.5 Å². The monoisotopic (exact) mass is 234 g/mol. The van der Waals surface area contributed by atoms with E-state index in [1.807, 2.05) is 0 Å². The summed E-state index contributed by atoms with van der Waals surface area (Å²) in [4.78, 5) is 8.65. The van der Waals surface area contributed by atoms with Crippen LogP contribution in [0.5, 0.6) is 0 Å². The topological polar surface area (TPSA) is 55.0 Å². The number of nitrogen functional groups attached to an aromatic ring is 1. The van der Waals surface area contributed by atoms with E-state index in [0.717, 1.165) is 4.90 Å². The number of alkyl halides is 3. The first-order valence-corrected chi connectivity index (χ1v) is 4.81. The molecule has 0 atom stereocenters. The third kappa shape index (κ3) is 3.92. The lowest BCUT2D eigenvalue weighted by atomic mass is 10.4. The molecule has 1 aromatic rings. The Morgan fingerprint density at radius 3 is 2.56 bits per heavy atom. The molecule has 0 aliphatic rings. The van der Waals surface area contributed by atoms with Gasteiger partial charge >= 0.3 is 6.18 Å². The smallest absolute Gasteiger partial charge is 0.382 e. The van der Waals surface area contributed by atoms with Crippen LogP contribution in [0.15, 0.2) is 12.4 Å². The first-order valence-electron chi connectivity index (χ1n) is 4.81. The Kier molecular flexibility index (Phi) is 3.92. The normalized spacial score (nSPS) is 11.5. The second-order valence-electron chi connectivity index (χ2n) is 3.34. The number of anilines is 2. The minimum absolute atomic E-state index is 0.112. The number of nitrogens with zero attached hydrogens (tertiary/aromatic N) is 3. The van der Waals surface area contributed by atoms with Gasteiger partial charge in [-0.3, -0.25) is 4.98 Å². The minimum atomic E-state index is -4.26. The summed E-state index contributed by atoms with van der Waals surface area (Å²) in [5, 5.41) is 0. The molecule has 90 valence electrons. The van der Waals surface area contributed by atoms with Crippen molar-refractivity contribution in [1.29, 1.82) is 0 Å². The Morgan fingerprint density at radius 1 is 1.38 bits per heavy atom. The van der Waals surface area contributed by atoms with E-state index >= 15 is 0 Å². The van der Waals surface area contributed by atoms with Crippen molar-refractivity contribution in [3.8, 4) is 0 Å². The fourth-order valence-electron chi connectivity index (χ4n) is 1.28. The molecule has 0 aliphatic heterocycles. The van der Waals surface area contributed by atoms with Gasteiger partial charge in [-0.05, 0) is 6.42 Å². The molecule has 0 saturated carbocycles. The molecule has 0 bridgehead atoms. The largest absolute Gasteiger partial charge is 0.405 e. The SMILES string of the molecule is CCCN(CC(F)(F)F)c1cncc(N)n1. The van der Waals surface area contributed by atoms with E-state index in [4.69, 9.17) is 5.73 Å². The van der Waals surface area contributed by atoms with E-state index in [2.05, 4.69) is 9.97 Å². The van der Waals surface area contributed by atoms with E-state index in [1.54, 1.807) is 6.92 Å². The average Bonchev–Trinajstić information content (AvgIpc) is 2.15. The van der Waals surface area contributed by atoms with Gasteiger partial charge in [-0.25, -0.2) is 4.98 Å². The van der Waals surface area contributed by atoms with E-state index in [9.17, 15) is 13.2 Å². The second-order valence-corrected chi connectivity index (χ2v) is 3.34. The maximum atomic E-state index is 12.3. The molecule has 16 heavy (non-hydrogen) atoms. The summed E-state index contributed by atoms with van der Waals surface area (Å²) in [6.07, 6.45) is -1.10. The van der Waals surface area contributed by atoms with Crippen molar-refractivity contribution >= 4 is 11.6 Å². The quantitative estimate of drug-likeness (QED) is 0.863. The standard InChI is InChI=1S/C9H13F3N4/c1-2-3-16(6-9(10,11)12)8-5-14-4-7(13)15-8/h4-5H,2-3,6H2,1H3,(H2,13,15). The highest BCUT2D eigenvalue weighted by Crippen LogP contribution is 2.20. The van der Waals surface area contributed by atoms with E-state index < -0.39 is 12.7 Å². The number of hydrogen-bond acceptors (Lipinski definition) is 4. The first kappa shape index (κ1) is 12.5. The zero-order valence-corrected chi connectivity index (χ0v) is 8.83. The number of nitrogens with two attached hydrogens (primary N) is 1. The highest BCUT2D eigenvalue weighted by atomic mass is 19.4. The predicted molar refractivity (Wildman–Crippen MR) is 55.0 cm³/mol. The Balaban J connectivity index is 2.85. The Bertz CT molecular complexity index is 340. The van der Waals surface area contributed by atoms with Crippen LogP contribution in [-0.4, -0.2) is 29.2 Å². The van der Waals surface area contributed by atoms with Gasteiger partial charge in [0, 0.05) is 6.54 Å². The van der Waals surface area contributed by atoms with Crippen LogP contribution in [0, 0.1) is 0 Å². The van der Waals surface area contributed by atoms with Gasteiger partial charge in [0.05, 0.1) is 12.4 Å².